The van der Waals surface area contributed by atoms with Crippen molar-refractivity contribution < 1.29 is 27.1 Å². The molecule has 4 nitrogen and oxygen atoms in total. The van der Waals surface area contributed by atoms with Gasteiger partial charge in [-0.2, -0.15) is 13.2 Å². The number of H-pyrrole nitrogens is 1. The number of fused-ring (bicyclic) bond motifs is 1. The topological polar surface area (TPSA) is 54.1 Å². The third-order valence-corrected chi connectivity index (χ3v) is 4.93. The van der Waals surface area contributed by atoms with E-state index < -0.39 is 29.9 Å². The van der Waals surface area contributed by atoms with Crippen LogP contribution in [0.15, 0.2) is 18.2 Å². The van der Waals surface area contributed by atoms with Crippen molar-refractivity contribution in [1.29, 1.82) is 0 Å². The maximum absolute atomic E-state index is 13.9. The molecule has 3 rings (SSSR count). The van der Waals surface area contributed by atoms with Crippen LogP contribution in [0.2, 0.25) is 0 Å². The fraction of sp³-hybridized carbons (Fsp3) is 0.500. The van der Waals surface area contributed by atoms with Gasteiger partial charge in [-0.3, -0.25) is 4.79 Å². The van der Waals surface area contributed by atoms with E-state index in [2.05, 4.69) is 10.3 Å². The summed E-state index contributed by atoms with van der Waals surface area (Å²) in [6.07, 6.45) is -1.31. The lowest BCUT2D eigenvalue weighted by Crippen LogP contribution is -2.50. The Labute approximate surface area is 147 Å². The van der Waals surface area contributed by atoms with Crippen molar-refractivity contribution >= 4 is 16.8 Å². The molecule has 0 aliphatic heterocycles. The zero-order valence-corrected chi connectivity index (χ0v) is 14.3. The third kappa shape index (κ3) is 3.64. The predicted octanol–water partition coefficient (Wildman–Crippen LogP) is 4.56. The monoisotopic (exact) mass is 372 g/mol. The molecule has 0 saturated heterocycles. The number of benzene rings is 1. The number of rotatable bonds is 4. The van der Waals surface area contributed by atoms with E-state index in [9.17, 15) is 22.4 Å². The summed E-state index contributed by atoms with van der Waals surface area (Å²) < 4.78 is 59.4. The number of nitrogens with one attached hydrogen (secondary N) is 2. The molecule has 1 saturated carbocycles. The van der Waals surface area contributed by atoms with E-state index in [1.807, 2.05) is 0 Å². The van der Waals surface area contributed by atoms with Crippen molar-refractivity contribution in [2.75, 3.05) is 7.11 Å². The summed E-state index contributed by atoms with van der Waals surface area (Å²) in [5.41, 5.74) is -0.107. The molecule has 1 atom stereocenters. The first-order valence-corrected chi connectivity index (χ1v) is 8.54. The number of halogens is 4. The minimum Gasteiger partial charge on any atom is -0.496 e. The van der Waals surface area contributed by atoms with Gasteiger partial charge in [0, 0.05) is 5.39 Å². The van der Waals surface area contributed by atoms with Gasteiger partial charge in [-0.05, 0) is 37.0 Å². The van der Waals surface area contributed by atoms with Crippen LogP contribution in [0, 0.1) is 11.7 Å². The number of hydrogen-bond donors (Lipinski definition) is 2. The van der Waals surface area contributed by atoms with Gasteiger partial charge in [0.05, 0.1) is 12.6 Å². The lowest BCUT2D eigenvalue weighted by Gasteiger charge is -2.32. The maximum Gasteiger partial charge on any atom is 0.408 e. The Morgan fingerprint density at radius 1 is 1.27 bits per heavy atom. The summed E-state index contributed by atoms with van der Waals surface area (Å²) in [4.78, 5) is 15.0. The van der Waals surface area contributed by atoms with Gasteiger partial charge in [0.25, 0.3) is 5.91 Å². The van der Waals surface area contributed by atoms with Crippen LogP contribution in [0.1, 0.15) is 42.6 Å². The van der Waals surface area contributed by atoms with Crippen molar-refractivity contribution in [2.24, 2.45) is 5.92 Å². The van der Waals surface area contributed by atoms with E-state index in [4.69, 9.17) is 4.74 Å². The van der Waals surface area contributed by atoms with Gasteiger partial charge in [0.1, 0.15) is 23.3 Å². The maximum atomic E-state index is 13.9. The number of ether oxygens (including phenoxy) is 1. The molecule has 2 N–H and O–H groups in total. The van der Waals surface area contributed by atoms with Gasteiger partial charge >= 0.3 is 6.18 Å². The number of amides is 1. The highest BCUT2D eigenvalue weighted by Gasteiger charge is 2.45. The Morgan fingerprint density at radius 3 is 2.58 bits per heavy atom. The summed E-state index contributed by atoms with van der Waals surface area (Å²) in [5, 5.41) is 2.41. The lowest BCUT2D eigenvalue weighted by molar-refractivity contribution is -0.167. The molecule has 142 valence electrons. The summed E-state index contributed by atoms with van der Waals surface area (Å²) in [5.74, 6) is -1.82. The zero-order valence-electron chi connectivity index (χ0n) is 14.3. The molecular formula is C18H20F4N2O2. The molecule has 1 fully saturated rings. The standard InChI is InChI=1S/C18H20F4N2O2/c1-26-14-8-7-12(19)15-11(14)9-13(23-15)17(25)24-16(18(20,21)22)10-5-3-2-4-6-10/h7-10,16,23H,2-6H2,1H3,(H,24,25). The Morgan fingerprint density at radius 2 is 1.96 bits per heavy atom. The second-order valence-electron chi connectivity index (χ2n) is 6.61. The van der Waals surface area contributed by atoms with Gasteiger partial charge in [-0.1, -0.05) is 19.3 Å². The van der Waals surface area contributed by atoms with E-state index in [-0.39, 0.29) is 11.2 Å². The van der Waals surface area contributed by atoms with Crippen molar-refractivity contribution in [1.82, 2.24) is 10.3 Å². The Kier molecular flexibility index (Phi) is 5.11. The van der Waals surface area contributed by atoms with Crippen LogP contribution < -0.4 is 10.1 Å². The van der Waals surface area contributed by atoms with Crippen LogP contribution in [-0.2, 0) is 0 Å². The molecule has 1 aliphatic carbocycles. The van der Waals surface area contributed by atoms with Gasteiger partial charge in [0.2, 0.25) is 0 Å². The van der Waals surface area contributed by atoms with Gasteiger partial charge in [0.15, 0.2) is 0 Å². The van der Waals surface area contributed by atoms with Crippen molar-refractivity contribution in [3.63, 3.8) is 0 Å². The fourth-order valence-corrected chi connectivity index (χ4v) is 3.61. The Hall–Kier alpha value is -2.25. The first kappa shape index (κ1) is 18.5. The molecule has 0 bridgehead atoms. The van der Waals surface area contributed by atoms with E-state index in [0.29, 0.717) is 24.0 Å². The van der Waals surface area contributed by atoms with E-state index in [1.165, 1.54) is 25.3 Å². The molecule has 1 aromatic heterocycles. The molecule has 0 radical (unpaired) electrons. The predicted molar refractivity (Wildman–Crippen MR) is 88.7 cm³/mol. The van der Waals surface area contributed by atoms with Crippen LogP contribution in [0.4, 0.5) is 17.6 Å². The zero-order chi connectivity index (χ0) is 18.9. The number of alkyl halides is 3. The Balaban J connectivity index is 1.87. The van der Waals surface area contributed by atoms with Gasteiger partial charge < -0.3 is 15.0 Å². The van der Waals surface area contributed by atoms with Crippen LogP contribution in [0.5, 0.6) is 5.75 Å². The van der Waals surface area contributed by atoms with Crippen LogP contribution in [0.3, 0.4) is 0 Å². The minimum atomic E-state index is -4.54. The average Bonchev–Trinajstić information content (AvgIpc) is 3.06. The molecule has 1 amide bonds. The molecule has 2 aromatic rings. The van der Waals surface area contributed by atoms with Crippen molar-refractivity contribution in [2.45, 2.75) is 44.3 Å². The smallest absolute Gasteiger partial charge is 0.408 e. The summed E-state index contributed by atoms with van der Waals surface area (Å²) in [6, 6.07) is 1.96. The van der Waals surface area contributed by atoms with Crippen LogP contribution in [0.25, 0.3) is 10.9 Å². The first-order valence-electron chi connectivity index (χ1n) is 8.54. The van der Waals surface area contributed by atoms with E-state index >= 15 is 0 Å². The van der Waals surface area contributed by atoms with E-state index in [0.717, 1.165) is 19.3 Å². The lowest BCUT2D eigenvalue weighted by atomic mass is 9.83. The highest BCUT2D eigenvalue weighted by Crippen LogP contribution is 2.35. The Bertz CT molecular complexity index is 794. The van der Waals surface area contributed by atoms with Gasteiger partial charge in [-0.15, -0.1) is 0 Å². The quantitative estimate of drug-likeness (QED) is 0.774. The fourth-order valence-electron chi connectivity index (χ4n) is 3.61. The highest BCUT2D eigenvalue weighted by atomic mass is 19.4. The molecule has 8 heteroatoms. The van der Waals surface area contributed by atoms with E-state index in [1.54, 1.807) is 0 Å². The average molecular weight is 372 g/mol. The first-order chi connectivity index (χ1) is 12.3. The number of methoxy groups -OCH3 is 1. The molecule has 0 spiro atoms. The number of carbonyl (C=O) groups is 1. The van der Waals surface area contributed by atoms with Crippen molar-refractivity contribution in [3.05, 3.63) is 29.7 Å². The summed E-state index contributed by atoms with van der Waals surface area (Å²) in [7, 11) is 1.39. The molecule has 1 heterocycles. The number of aromatic amines is 1. The number of aromatic nitrogens is 1. The number of carbonyl (C=O) groups excluding carboxylic acids is 1. The molecule has 26 heavy (non-hydrogen) atoms. The molecule has 1 aromatic carbocycles. The van der Waals surface area contributed by atoms with Crippen LogP contribution in [-0.4, -0.2) is 30.2 Å². The largest absolute Gasteiger partial charge is 0.496 e. The minimum absolute atomic E-state index is 0.0238. The summed E-state index contributed by atoms with van der Waals surface area (Å²) in [6.45, 7) is 0. The van der Waals surface area contributed by atoms with Crippen LogP contribution >= 0.6 is 0 Å². The summed E-state index contributed by atoms with van der Waals surface area (Å²) >= 11 is 0. The second kappa shape index (κ2) is 7.17. The third-order valence-electron chi connectivity index (χ3n) is 4.93. The highest BCUT2D eigenvalue weighted by molar-refractivity contribution is 6.00. The normalized spacial score (nSPS) is 17.3. The second-order valence-corrected chi connectivity index (χ2v) is 6.61. The molecule has 1 unspecified atom stereocenters. The molecule has 1 aliphatic rings. The van der Waals surface area contributed by atoms with Crippen molar-refractivity contribution in [3.8, 4) is 5.75 Å². The SMILES string of the molecule is COc1ccc(F)c2[nH]c(C(=O)NC(C3CCCCC3)C(F)(F)F)cc12. The van der Waals surface area contributed by atoms with Gasteiger partial charge in [-0.25, -0.2) is 4.39 Å². The molecular weight excluding hydrogens is 352 g/mol. The number of hydrogen-bond acceptors (Lipinski definition) is 2.